The zero-order valence-electron chi connectivity index (χ0n) is 11.7. The van der Waals surface area contributed by atoms with Crippen molar-refractivity contribution in [2.75, 3.05) is 5.32 Å². The van der Waals surface area contributed by atoms with Gasteiger partial charge in [0.15, 0.2) is 5.82 Å². The van der Waals surface area contributed by atoms with Crippen LogP contribution in [-0.4, -0.2) is 30.9 Å². The van der Waals surface area contributed by atoms with Crippen molar-refractivity contribution in [3.05, 3.63) is 48.0 Å². The molecule has 2 heterocycles. The van der Waals surface area contributed by atoms with Crippen LogP contribution in [0.5, 0.6) is 0 Å². The van der Waals surface area contributed by atoms with Gasteiger partial charge in [-0.1, -0.05) is 12.1 Å². The maximum Gasteiger partial charge on any atom is 0.255 e. The Kier molecular flexibility index (Phi) is 3.23. The summed E-state index contributed by atoms with van der Waals surface area (Å²) in [7, 11) is 1.81. The molecule has 0 fully saturated rings. The van der Waals surface area contributed by atoms with E-state index < -0.39 is 0 Å². The fourth-order valence-electron chi connectivity index (χ4n) is 2.04. The predicted molar refractivity (Wildman–Crippen MR) is 77.7 cm³/mol. The number of aromatic amines is 1. The largest absolute Gasteiger partial charge is 0.319 e. The molecule has 1 amide bonds. The minimum Gasteiger partial charge on any atom is -0.319 e. The van der Waals surface area contributed by atoms with Crippen LogP contribution < -0.4 is 5.32 Å². The normalized spacial score (nSPS) is 10.6. The molecule has 0 unspecified atom stereocenters. The van der Waals surface area contributed by atoms with Crippen molar-refractivity contribution in [3.63, 3.8) is 0 Å². The number of anilines is 1. The second-order valence-electron chi connectivity index (χ2n) is 4.67. The number of hydrogen-bond donors (Lipinski definition) is 2. The van der Waals surface area contributed by atoms with Gasteiger partial charge in [0.05, 0.1) is 11.4 Å². The average molecular weight is 282 g/mol. The van der Waals surface area contributed by atoms with E-state index in [0.717, 1.165) is 11.3 Å². The smallest absolute Gasteiger partial charge is 0.255 e. The lowest BCUT2D eigenvalue weighted by molar-refractivity contribution is 0.102. The molecule has 21 heavy (non-hydrogen) atoms. The van der Waals surface area contributed by atoms with Gasteiger partial charge in [-0.3, -0.25) is 14.6 Å². The zero-order chi connectivity index (χ0) is 14.8. The molecule has 106 valence electrons. The molecule has 0 aliphatic heterocycles. The van der Waals surface area contributed by atoms with Gasteiger partial charge < -0.3 is 5.32 Å². The highest BCUT2D eigenvalue weighted by Crippen LogP contribution is 2.17. The number of carbonyl (C=O) groups is 1. The summed E-state index contributed by atoms with van der Waals surface area (Å²) in [4.78, 5) is 16.3. The van der Waals surface area contributed by atoms with E-state index in [4.69, 9.17) is 0 Å². The summed E-state index contributed by atoms with van der Waals surface area (Å²) in [5, 5.41) is 13.6. The van der Waals surface area contributed by atoms with Crippen molar-refractivity contribution in [1.29, 1.82) is 0 Å². The number of aryl methyl sites for hydroxylation is 2. The summed E-state index contributed by atoms with van der Waals surface area (Å²) in [6.07, 6.45) is 3.22. The Balaban J connectivity index is 1.77. The molecule has 0 saturated carbocycles. The van der Waals surface area contributed by atoms with E-state index in [1.807, 2.05) is 26.1 Å². The Morgan fingerprint density at radius 2 is 2.05 bits per heavy atom. The molecule has 0 bridgehead atoms. The second kappa shape index (κ2) is 5.20. The van der Waals surface area contributed by atoms with E-state index in [1.54, 1.807) is 23.0 Å². The average Bonchev–Trinajstić information content (AvgIpc) is 3.10. The van der Waals surface area contributed by atoms with Gasteiger partial charge in [-0.2, -0.15) is 10.2 Å². The minimum absolute atomic E-state index is 0.171. The van der Waals surface area contributed by atoms with E-state index in [2.05, 4.69) is 25.6 Å². The van der Waals surface area contributed by atoms with Gasteiger partial charge in [0.1, 0.15) is 6.33 Å². The Morgan fingerprint density at radius 3 is 2.62 bits per heavy atom. The van der Waals surface area contributed by atoms with Gasteiger partial charge >= 0.3 is 0 Å². The number of nitrogens with zero attached hydrogens (tertiary/aromatic N) is 4. The lowest BCUT2D eigenvalue weighted by Gasteiger charge is -2.04. The number of carbonyl (C=O) groups excluding carboxylic acids is 1. The molecule has 3 aromatic rings. The van der Waals surface area contributed by atoms with E-state index in [-0.39, 0.29) is 5.91 Å². The molecule has 3 rings (SSSR count). The summed E-state index contributed by atoms with van der Waals surface area (Å²) >= 11 is 0. The molecular weight excluding hydrogens is 268 g/mol. The number of benzene rings is 1. The van der Waals surface area contributed by atoms with Crippen molar-refractivity contribution in [3.8, 4) is 11.4 Å². The van der Waals surface area contributed by atoms with Gasteiger partial charge in [-0.05, 0) is 19.1 Å². The fraction of sp³-hybridized carbons (Fsp3) is 0.143. The molecule has 2 aromatic heterocycles. The Bertz CT molecular complexity index is 757. The predicted octanol–water partition coefficient (Wildman–Crippen LogP) is 1.77. The maximum atomic E-state index is 12.2. The molecule has 0 aliphatic rings. The topological polar surface area (TPSA) is 88.5 Å². The van der Waals surface area contributed by atoms with Crippen LogP contribution in [0.3, 0.4) is 0 Å². The molecule has 0 aliphatic carbocycles. The van der Waals surface area contributed by atoms with Crippen molar-refractivity contribution in [2.24, 2.45) is 7.05 Å². The lowest BCUT2D eigenvalue weighted by Crippen LogP contribution is -2.12. The Hall–Kier alpha value is -2.96. The third-order valence-electron chi connectivity index (χ3n) is 3.10. The van der Waals surface area contributed by atoms with Gasteiger partial charge in [-0.25, -0.2) is 4.98 Å². The standard InChI is InChI=1S/C14H14N6O/c1-9-12(7-20(2)19-9)17-14(21)11-5-3-10(4-6-11)13-15-8-16-18-13/h3-8H,1-2H3,(H,17,21)(H,15,16,18). The number of rotatable bonds is 3. The van der Waals surface area contributed by atoms with Crippen LogP contribution in [0.15, 0.2) is 36.8 Å². The number of amides is 1. The first-order chi connectivity index (χ1) is 10.1. The molecule has 2 N–H and O–H groups in total. The van der Waals surface area contributed by atoms with Crippen LogP contribution in [0, 0.1) is 6.92 Å². The highest BCUT2D eigenvalue weighted by molar-refractivity contribution is 6.04. The van der Waals surface area contributed by atoms with E-state index in [0.29, 0.717) is 17.1 Å². The van der Waals surface area contributed by atoms with Crippen LogP contribution in [0.25, 0.3) is 11.4 Å². The third-order valence-corrected chi connectivity index (χ3v) is 3.10. The SMILES string of the molecule is Cc1nn(C)cc1NC(=O)c1ccc(-c2ncn[nH]2)cc1. The number of aromatic nitrogens is 5. The molecule has 0 atom stereocenters. The Morgan fingerprint density at radius 1 is 1.29 bits per heavy atom. The van der Waals surface area contributed by atoms with Gasteiger partial charge in [0.25, 0.3) is 5.91 Å². The van der Waals surface area contributed by atoms with Gasteiger partial charge in [0, 0.05) is 24.4 Å². The molecule has 0 spiro atoms. The van der Waals surface area contributed by atoms with Crippen molar-refractivity contribution in [1.82, 2.24) is 25.0 Å². The fourth-order valence-corrected chi connectivity index (χ4v) is 2.04. The van der Waals surface area contributed by atoms with Crippen LogP contribution in [-0.2, 0) is 7.05 Å². The monoisotopic (exact) mass is 282 g/mol. The first-order valence-electron chi connectivity index (χ1n) is 6.41. The summed E-state index contributed by atoms with van der Waals surface area (Å²) in [6, 6.07) is 7.15. The molecule has 0 radical (unpaired) electrons. The summed E-state index contributed by atoms with van der Waals surface area (Å²) in [5.41, 5.74) is 2.94. The quantitative estimate of drug-likeness (QED) is 0.766. The summed E-state index contributed by atoms with van der Waals surface area (Å²) in [6.45, 7) is 1.85. The zero-order valence-corrected chi connectivity index (χ0v) is 11.7. The van der Waals surface area contributed by atoms with Crippen LogP contribution in [0.1, 0.15) is 16.1 Å². The second-order valence-corrected chi connectivity index (χ2v) is 4.67. The van der Waals surface area contributed by atoms with Crippen molar-refractivity contribution < 1.29 is 4.79 Å². The Labute approximate surface area is 121 Å². The van der Waals surface area contributed by atoms with Crippen molar-refractivity contribution in [2.45, 2.75) is 6.92 Å². The molecule has 0 saturated heterocycles. The molecule has 7 heteroatoms. The highest BCUT2D eigenvalue weighted by Gasteiger charge is 2.10. The first kappa shape index (κ1) is 13.0. The molecule has 1 aromatic carbocycles. The van der Waals surface area contributed by atoms with Crippen LogP contribution >= 0.6 is 0 Å². The first-order valence-corrected chi connectivity index (χ1v) is 6.41. The maximum absolute atomic E-state index is 12.2. The van der Waals surface area contributed by atoms with E-state index in [9.17, 15) is 4.79 Å². The highest BCUT2D eigenvalue weighted by atomic mass is 16.1. The van der Waals surface area contributed by atoms with Crippen molar-refractivity contribution >= 4 is 11.6 Å². The van der Waals surface area contributed by atoms with Gasteiger partial charge in [0.2, 0.25) is 0 Å². The third kappa shape index (κ3) is 2.66. The van der Waals surface area contributed by atoms with Gasteiger partial charge in [-0.15, -0.1) is 0 Å². The molecular formula is C14H14N6O. The van der Waals surface area contributed by atoms with E-state index in [1.165, 1.54) is 6.33 Å². The van der Waals surface area contributed by atoms with Crippen LogP contribution in [0.2, 0.25) is 0 Å². The van der Waals surface area contributed by atoms with E-state index >= 15 is 0 Å². The number of nitrogens with one attached hydrogen (secondary N) is 2. The van der Waals surface area contributed by atoms with Crippen LogP contribution in [0.4, 0.5) is 5.69 Å². The number of H-pyrrole nitrogens is 1. The lowest BCUT2D eigenvalue weighted by atomic mass is 10.1. The minimum atomic E-state index is -0.171. The molecule has 7 nitrogen and oxygen atoms in total. The number of hydrogen-bond acceptors (Lipinski definition) is 4. The summed E-state index contributed by atoms with van der Waals surface area (Å²) < 4.78 is 1.66. The summed E-state index contributed by atoms with van der Waals surface area (Å²) in [5.74, 6) is 0.500.